The van der Waals surface area contributed by atoms with Gasteiger partial charge in [-0.2, -0.15) is 0 Å². The van der Waals surface area contributed by atoms with Crippen LogP contribution < -0.4 is 9.47 Å². The number of esters is 1. The third-order valence-corrected chi connectivity index (χ3v) is 4.99. The molecule has 0 aromatic heterocycles. The molecule has 0 spiro atoms. The molecule has 0 fully saturated rings. The Morgan fingerprint density at radius 2 is 1.58 bits per heavy atom. The fourth-order valence-electron chi connectivity index (χ4n) is 3.42. The van der Waals surface area contributed by atoms with Crippen molar-refractivity contribution in [2.24, 2.45) is 4.99 Å². The smallest absolute Gasteiger partial charge is 0.364 e. The Labute approximate surface area is 177 Å². The fraction of sp³-hybridized carbons (Fsp3) is 0.0400. The number of allylic oxidation sites excluding steroid dienone is 2. The van der Waals surface area contributed by atoms with E-state index in [9.17, 15) is 9.18 Å². The van der Waals surface area contributed by atoms with Gasteiger partial charge in [0.2, 0.25) is 5.90 Å². The molecule has 0 saturated heterocycles. The second kappa shape index (κ2) is 7.57. The number of cyclic esters (lactones) is 1. The lowest BCUT2D eigenvalue weighted by Crippen LogP contribution is -2.08. The molecule has 152 valence electrons. The lowest BCUT2D eigenvalue weighted by Gasteiger charge is -2.20. The average Bonchev–Trinajstić information content (AvgIpc) is 3.20. The lowest BCUT2D eigenvalue weighted by atomic mass is 9.97. The van der Waals surface area contributed by atoms with Crippen LogP contribution in [0.4, 0.5) is 4.39 Å². The number of halogens is 1. The van der Waals surface area contributed by atoms with Gasteiger partial charge in [-0.15, -0.1) is 0 Å². The SMILES string of the molecule is COc1ccc(C2=CC(=C3N=C(c4ccc(F)cc4)OC3=O)c3ccccc3O2)cc1. The van der Waals surface area contributed by atoms with Crippen molar-refractivity contribution in [3.8, 4) is 11.5 Å². The summed E-state index contributed by atoms with van der Waals surface area (Å²) in [7, 11) is 1.60. The second-order valence-corrected chi connectivity index (χ2v) is 6.91. The molecule has 2 aliphatic rings. The largest absolute Gasteiger partial charge is 0.497 e. The Bertz CT molecular complexity index is 1270. The number of aliphatic imine (C=N–C) groups is 1. The molecule has 0 atom stereocenters. The summed E-state index contributed by atoms with van der Waals surface area (Å²) in [6, 6.07) is 20.5. The Balaban J connectivity index is 1.64. The minimum absolute atomic E-state index is 0.135. The van der Waals surface area contributed by atoms with Gasteiger partial charge in [0.1, 0.15) is 23.1 Å². The number of para-hydroxylation sites is 1. The van der Waals surface area contributed by atoms with Gasteiger partial charge in [0.25, 0.3) is 0 Å². The topological polar surface area (TPSA) is 57.1 Å². The van der Waals surface area contributed by atoms with Gasteiger partial charge in [0.05, 0.1) is 7.11 Å². The van der Waals surface area contributed by atoms with Crippen molar-refractivity contribution >= 4 is 23.2 Å². The third-order valence-electron chi connectivity index (χ3n) is 4.99. The van der Waals surface area contributed by atoms with Crippen molar-refractivity contribution in [3.63, 3.8) is 0 Å². The summed E-state index contributed by atoms with van der Waals surface area (Å²) >= 11 is 0. The summed E-state index contributed by atoms with van der Waals surface area (Å²) in [5.41, 5.74) is 2.83. The molecule has 0 saturated carbocycles. The summed E-state index contributed by atoms with van der Waals surface area (Å²) in [5, 5.41) is 0. The van der Waals surface area contributed by atoms with E-state index in [-0.39, 0.29) is 17.4 Å². The number of fused-ring (bicyclic) bond motifs is 1. The van der Waals surface area contributed by atoms with Gasteiger partial charge in [-0.3, -0.25) is 0 Å². The van der Waals surface area contributed by atoms with Crippen molar-refractivity contribution in [3.05, 3.63) is 107 Å². The Morgan fingerprint density at radius 3 is 2.32 bits per heavy atom. The molecule has 0 unspecified atom stereocenters. The predicted molar refractivity (Wildman–Crippen MR) is 114 cm³/mol. The Morgan fingerprint density at radius 1 is 0.871 bits per heavy atom. The first-order chi connectivity index (χ1) is 15.1. The molecule has 0 bridgehead atoms. The first-order valence-corrected chi connectivity index (χ1v) is 9.57. The van der Waals surface area contributed by atoms with Gasteiger partial charge in [-0.25, -0.2) is 14.2 Å². The highest BCUT2D eigenvalue weighted by Gasteiger charge is 2.30. The van der Waals surface area contributed by atoms with Crippen molar-refractivity contribution in [1.82, 2.24) is 0 Å². The van der Waals surface area contributed by atoms with E-state index in [0.29, 0.717) is 22.6 Å². The molecule has 5 nitrogen and oxygen atoms in total. The second-order valence-electron chi connectivity index (χ2n) is 6.91. The van der Waals surface area contributed by atoms with Crippen LogP contribution >= 0.6 is 0 Å². The number of carbonyl (C=O) groups excluding carboxylic acids is 1. The van der Waals surface area contributed by atoms with Crippen molar-refractivity contribution < 1.29 is 23.4 Å². The van der Waals surface area contributed by atoms with Crippen LogP contribution in [0.25, 0.3) is 11.3 Å². The molecule has 6 heteroatoms. The maximum Gasteiger partial charge on any atom is 0.364 e. The van der Waals surface area contributed by atoms with E-state index in [2.05, 4.69) is 4.99 Å². The van der Waals surface area contributed by atoms with Crippen molar-refractivity contribution in [1.29, 1.82) is 0 Å². The fourth-order valence-corrected chi connectivity index (χ4v) is 3.42. The number of rotatable bonds is 3. The molecule has 3 aromatic rings. The zero-order chi connectivity index (χ0) is 21.4. The first kappa shape index (κ1) is 18.8. The normalized spacial score (nSPS) is 17.3. The zero-order valence-corrected chi connectivity index (χ0v) is 16.5. The van der Waals surface area contributed by atoms with Crippen LogP contribution in [0.15, 0.2) is 89.6 Å². The Hall–Kier alpha value is -4.19. The third kappa shape index (κ3) is 3.48. The zero-order valence-electron chi connectivity index (χ0n) is 16.5. The van der Waals surface area contributed by atoms with E-state index in [1.54, 1.807) is 13.2 Å². The number of hydrogen-bond acceptors (Lipinski definition) is 5. The predicted octanol–water partition coefficient (Wildman–Crippen LogP) is 4.98. The van der Waals surface area contributed by atoms with Gasteiger partial charge in [0, 0.05) is 22.3 Å². The number of ether oxygens (including phenoxy) is 3. The summed E-state index contributed by atoms with van der Waals surface area (Å²) in [6.07, 6.45) is 1.78. The van der Waals surface area contributed by atoms with Crippen LogP contribution in [0, 0.1) is 5.82 Å². The van der Waals surface area contributed by atoms with Gasteiger partial charge >= 0.3 is 5.97 Å². The minimum atomic E-state index is -0.573. The quantitative estimate of drug-likeness (QED) is 0.449. The number of carbonyl (C=O) groups is 1. The monoisotopic (exact) mass is 413 g/mol. The number of benzene rings is 3. The highest BCUT2D eigenvalue weighted by atomic mass is 19.1. The Kier molecular flexibility index (Phi) is 4.59. The highest BCUT2D eigenvalue weighted by Crippen LogP contribution is 2.40. The van der Waals surface area contributed by atoms with Crippen LogP contribution in [-0.2, 0) is 9.53 Å². The van der Waals surface area contributed by atoms with E-state index in [0.717, 1.165) is 16.9 Å². The number of hydrogen-bond donors (Lipinski definition) is 0. The van der Waals surface area contributed by atoms with Gasteiger partial charge in [-0.1, -0.05) is 18.2 Å². The van der Waals surface area contributed by atoms with E-state index in [4.69, 9.17) is 14.2 Å². The van der Waals surface area contributed by atoms with Gasteiger partial charge in [0.15, 0.2) is 5.70 Å². The molecule has 2 heterocycles. The van der Waals surface area contributed by atoms with Crippen LogP contribution in [0.1, 0.15) is 16.7 Å². The van der Waals surface area contributed by atoms with Crippen LogP contribution in [-0.4, -0.2) is 19.0 Å². The molecule has 31 heavy (non-hydrogen) atoms. The van der Waals surface area contributed by atoms with Crippen LogP contribution in [0.2, 0.25) is 0 Å². The molecule has 0 aliphatic carbocycles. The van der Waals surface area contributed by atoms with E-state index < -0.39 is 5.97 Å². The van der Waals surface area contributed by atoms with E-state index >= 15 is 0 Å². The van der Waals surface area contributed by atoms with E-state index in [1.807, 2.05) is 48.5 Å². The minimum Gasteiger partial charge on any atom is -0.497 e. The lowest BCUT2D eigenvalue weighted by molar-refractivity contribution is -0.129. The molecule has 5 rings (SSSR count). The highest BCUT2D eigenvalue weighted by molar-refractivity contribution is 6.15. The van der Waals surface area contributed by atoms with Crippen LogP contribution in [0.5, 0.6) is 11.5 Å². The molecular formula is C25H16FNO4. The summed E-state index contributed by atoms with van der Waals surface area (Å²) in [5.74, 6) is 1.09. The summed E-state index contributed by atoms with van der Waals surface area (Å²) in [4.78, 5) is 17.1. The summed E-state index contributed by atoms with van der Waals surface area (Å²) in [6.45, 7) is 0. The average molecular weight is 413 g/mol. The molecular weight excluding hydrogens is 397 g/mol. The molecule has 0 N–H and O–H groups in total. The first-order valence-electron chi connectivity index (χ1n) is 9.57. The van der Waals surface area contributed by atoms with Crippen molar-refractivity contribution in [2.75, 3.05) is 7.11 Å². The standard InChI is InChI=1S/C25H16FNO4/c1-29-18-12-8-15(9-13-18)22-14-20(19-4-2-3-5-21(19)30-22)23-25(28)31-24(27-23)16-6-10-17(26)11-7-16/h2-14H,1H3. The molecule has 3 aromatic carbocycles. The maximum absolute atomic E-state index is 13.2. The van der Waals surface area contributed by atoms with Crippen LogP contribution in [0.3, 0.4) is 0 Å². The molecule has 2 aliphatic heterocycles. The molecule has 0 amide bonds. The van der Waals surface area contributed by atoms with E-state index in [1.165, 1.54) is 24.3 Å². The van der Waals surface area contributed by atoms with Gasteiger partial charge in [-0.05, 0) is 60.7 Å². The molecule has 0 radical (unpaired) electrons. The maximum atomic E-state index is 13.2. The summed E-state index contributed by atoms with van der Waals surface area (Å²) < 4.78 is 29.9. The van der Waals surface area contributed by atoms with Gasteiger partial charge < -0.3 is 14.2 Å². The number of methoxy groups -OCH3 is 1. The van der Waals surface area contributed by atoms with Crippen molar-refractivity contribution in [2.45, 2.75) is 0 Å². The number of nitrogens with zero attached hydrogens (tertiary/aromatic N) is 1.